The summed E-state index contributed by atoms with van der Waals surface area (Å²) in [5, 5.41) is 1.34. The second kappa shape index (κ2) is 7.55. The third kappa shape index (κ3) is 3.54. The SMILES string of the molecule is c1cc(CN2CC3(C2)OCCC3COCC2CCOCC2)c2cc[nH]c2c1. The Balaban J connectivity index is 1.14. The third-order valence-corrected chi connectivity index (χ3v) is 6.68. The molecule has 3 aliphatic rings. The van der Waals surface area contributed by atoms with Crippen LogP contribution in [0.4, 0.5) is 0 Å². The van der Waals surface area contributed by atoms with Gasteiger partial charge in [0, 0.05) is 69.1 Å². The van der Waals surface area contributed by atoms with Crippen LogP contribution in [0.25, 0.3) is 10.9 Å². The highest BCUT2D eigenvalue weighted by atomic mass is 16.5. The van der Waals surface area contributed by atoms with Gasteiger partial charge in [0.05, 0.1) is 12.2 Å². The van der Waals surface area contributed by atoms with E-state index >= 15 is 0 Å². The van der Waals surface area contributed by atoms with E-state index in [1.54, 1.807) is 0 Å². The number of nitrogens with zero attached hydrogens (tertiary/aromatic N) is 1. The van der Waals surface area contributed by atoms with Crippen molar-refractivity contribution in [2.75, 3.05) is 46.1 Å². The number of aromatic amines is 1. The van der Waals surface area contributed by atoms with Gasteiger partial charge in [0.25, 0.3) is 0 Å². The molecule has 0 saturated carbocycles. The first kappa shape index (κ1) is 17.7. The lowest BCUT2D eigenvalue weighted by Gasteiger charge is -2.50. The molecule has 3 aliphatic heterocycles. The fourth-order valence-electron chi connectivity index (χ4n) is 5.01. The first-order valence-corrected chi connectivity index (χ1v) is 10.4. The lowest BCUT2D eigenvalue weighted by atomic mass is 9.81. The van der Waals surface area contributed by atoms with Gasteiger partial charge in [0.1, 0.15) is 0 Å². The minimum atomic E-state index is 0.0295. The maximum atomic E-state index is 6.22. The van der Waals surface area contributed by atoms with Gasteiger partial charge in [-0.2, -0.15) is 0 Å². The van der Waals surface area contributed by atoms with Crippen molar-refractivity contribution >= 4 is 10.9 Å². The molecule has 0 aliphatic carbocycles. The van der Waals surface area contributed by atoms with Crippen molar-refractivity contribution < 1.29 is 14.2 Å². The molecule has 3 fully saturated rings. The molecule has 1 aromatic heterocycles. The van der Waals surface area contributed by atoms with Gasteiger partial charge in [-0.15, -0.1) is 0 Å². The van der Waals surface area contributed by atoms with Crippen molar-refractivity contribution in [1.82, 2.24) is 9.88 Å². The van der Waals surface area contributed by atoms with E-state index < -0.39 is 0 Å². The van der Waals surface area contributed by atoms with Gasteiger partial charge < -0.3 is 19.2 Å². The molecule has 0 amide bonds. The van der Waals surface area contributed by atoms with Crippen LogP contribution < -0.4 is 0 Å². The molecule has 1 atom stereocenters. The van der Waals surface area contributed by atoms with E-state index in [9.17, 15) is 0 Å². The molecule has 5 rings (SSSR count). The van der Waals surface area contributed by atoms with Crippen molar-refractivity contribution in [3.63, 3.8) is 0 Å². The Kier molecular flexibility index (Phi) is 4.94. The summed E-state index contributed by atoms with van der Waals surface area (Å²) in [6.45, 7) is 7.45. The molecule has 0 radical (unpaired) electrons. The van der Waals surface area contributed by atoms with Crippen LogP contribution >= 0.6 is 0 Å². The first-order chi connectivity index (χ1) is 13.3. The van der Waals surface area contributed by atoms with Crippen LogP contribution in [-0.4, -0.2) is 61.6 Å². The van der Waals surface area contributed by atoms with E-state index in [2.05, 4.69) is 34.1 Å². The molecule has 1 N–H and O–H groups in total. The number of hydrogen-bond donors (Lipinski definition) is 1. The first-order valence-electron chi connectivity index (χ1n) is 10.4. The van der Waals surface area contributed by atoms with Crippen LogP contribution in [0, 0.1) is 11.8 Å². The highest BCUT2D eigenvalue weighted by molar-refractivity contribution is 5.82. The van der Waals surface area contributed by atoms with Crippen molar-refractivity contribution in [3.8, 4) is 0 Å². The molecule has 4 heterocycles. The van der Waals surface area contributed by atoms with Crippen molar-refractivity contribution in [3.05, 3.63) is 36.0 Å². The quantitative estimate of drug-likeness (QED) is 0.848. The van der Waals surface area contributed by atoms with E-state index in [-0.39, 0.29) is 5.60 Å². The van der Waals surface area contributed by atoms with Crippen LogP contribution in [0.15, 0.2) is 30.5 Å². The lowest BCUT2D eigenvalue weighted by Crippen LogP contribution is -2.64. The van der Waals surface area contributed by atoms with E-state index in [1.165, 1.54) is 16.5 Å². The summed E-state index contributed by atoms with van der Waals surface area (Å²) in [4.78, 5) is 5.82. The van der Waals surface area contributed by atoms with Gasteiger partial charge in [0.15, 0.2) is 0 Å². The van der Waals surface area contributed by atoms with Crippen LogP contribution in [0.2, 0.25) is 0 Å². The Labute approximate surface area is 161 Å². The van der Waals surface area contributed by atoms with Gasteiger partial charge in [-0.1, -0.05) is 12.1 Å². The van der Waals surface area contributed by atoms with E-state index in [0.717, 1.165) is 71.9 Å². The average Bonchev–Trinajstić information content (AvgIpc) is 3.30. The second-order valence-electron chi connectivity index (χ2n) is 8.49. The van der Waals surface area contributed by atoms with Crippen molar-refractivity contribution in [2.45, 2.75) is 31.4 Å². The van der Waals surface area contributed by atoms with Gasteiger partial charge in [-0.25, -0.2) is 0 Å². The van der Waals surface area contributed by atoms with Crippen LogP contribution in [0.1, 0.15) is 24.8 Å². The van der Waals surface area contributed by atoms with Crippen LogP contribution in [-0.2, 0) is 20.8 Å². The predicted molar refractivity (Wildman–Crippen MR) is 105 cm³/mol. The number of benzene rings is 1. The molecule has 2 aromatic rings. The molecule has 3 saturated heterocycles. The molecule has 1 spiro atoms. The normalized spacial score (nSPS) is 26.0. The fraction of sp³-hybridized carbons (Fsp3) is 0.636. The molecule has 0 bridgehead atoms. The number of ether oxygens (including phenoxy) is 3. The molecule has 5 heteroatoms. The van der Waals surface area contributed by atoms with Crippen LogP contribution in [0.3, 0.4) is 0 Å². The van der Waals surface area contributed by atoms with E-state index in [0.29, 0.717) is 11.8 Å². The second-order valence-corrected chi connectivity index (χ2v) is 8.49. The highest BCUT2D eigenvalue weighted by Gasteiger charge is 2.52. The summed E-state index contributed by atoms with van der Waals surface area (Å²) in [6.07, 6.45) is 5.45. The summed E-state index contributed by atoms with van der Waals surface area (Å²) >= 11 is 0. The number of rotatable bonds is 6. The lowest BCUT2D eigenvalue weighted by molar-refractivity contribution is -0.147. The van der Waals surface area contributed by atoms with Crippen LogP contribution in [0.5, 0.6) is 0 Å². The Morgan fingerprint density at radius 3 is 2.85 bits per heavy atom. The third-order valence-electron chi connectivity index (χ3n) is 6.68. The minimum absolute atomic E-state index is 0.0295. The van der Waals surface area contributed by atoms with E-state index in [1.807, 2.05) is 6.20 Å². The monoisotopic (exact) mass is 370 g/mol. The molecule has 5 nitrogen and oxygen atoms in total. The summed E-state index contributed by atoms with van der Waals surface area (Å²) in [5.74, 6) is 1.22. The Morgan fingerprint density at radius 2 is 1.96 bits per heavy atom. The van der Waals surface area contributed by atoms with Gasteiger partial charge in [-0.05, 0) is 42.9 Å². The number of nitrogens with one attached hydrogen (secondary N) is 1. The smallest absolute Gasteiger partial charge is 0.0985 e. The zero-order valence-electron chi connectivity index (χ0n) is 16.0. The van der Waals surface area contributed by atoms with Crippen molar-refractivity contribution in [1.29, 1.82) is 0 Å². The molecule has 1 aromatic carbocycles. The maximum Gasteiger partial charge on any atom is 0.0985 e. The molecular weight excluding hydrogens is 340 g/mol. The van der Waals surface area contributed by atoms with Gasteiger partial charge in [-0.3, -0.25) is 4.90 Å². The number of fused-ring (bicyclic) bond motifs is 1. The summed E-state index contributed by atoms with van der Waals surface area (Å²) in [6, 6.07) is 8.70. The number of H-pyrrole nitrogens is 1. The fourth-order valence-corrected chi connectivity index (χ4v) is 5.01. The summed E-state index contributed by atoms with van der Waals surface area (Å²) in [5.41, 5.74) is 2.65. The summed E-state index contributed by atoms with van der Waals surface area (Å²) in [7, 11) is 0. The number of hydrogen-bond acceptors (Lipinski definition) is 4. The highest BCUT2D eigenvalue weighted by Crippen LogP contribution is 2.41. The molecule has 1 unspecified atom stereocenters. The van der Waals surface area contributed by atoms with E-state index in [4.69, 9.17) is 14.2 Å². The number of aromatic nitrogens is 1. The average molecular weight is 370 g/mol. The van der Waals surface area contributed by atoms with Gasteiger partial charge in [0.2, 0.25) is 0 Å². The Bertz CT molecular complexity index is 762. The maximum absolute atomic E-state index is 6.22. The summed E-state index contributed by atoms with van der Waals surface area (Å²) < 4.78 is 17.8. The minimum Gasteiger partial charge on any atom is -0.381 e. The Hall–Kier alpha value is -1.40. The van der Waals surface area contributed by atoms with Gasteiger partial charge >= 0.3 is 0 Å². The molecular formula is C22H30N2O3. The largest absolute Gasteiger partial charge is 0.381 e. The predicted octanol–water partition coefficient (Wildman–Crippen LogP) is 3.20. The molecule has 27 heavy (non-hydrogen) atoms. The standard InChI is InChI=1S/C22H30N2O3/c1-2-18(20-4-8-23-21(20)3-1)12-24-15-22(16-24)19(7-11-27-22)14-26-13-17-5-9-25-10-6-17/h1-4,8,17,19,23H,5-7,9-16H2. The Morgan fingerprint density at radius 1 is 1.07 bits per heavy atom. The molecule has 146 valence electrons. The zero-order valence-corrected chi connectivity index (χ0v) is 16.0. The zero-order chi connectivity index (χ0) is 18.1. The topological polar surface area (TPSA) is 46.7 Å². The van der Waals surface area contributed by atoms with Crippen molar-refractivity contribution in [2.24, 2.45) is 11.8 Å². The number of likely N-dealkylation sites (tertiary alicyclic amines) is 1.